The Morgan fingerprint density at radius 3 is 2.09 bits per heavy atom. The molecule has 6 nitrogen and oxygen atoms in total. The molecule has 0 saturated carbocycles. The lowest BCUT2D eigenvalue weighted by atomic mass is 10.1. The molecule has 33 heavy (non-hydrogen) atoms. The van der Waals surface area contributed by atoms with E-state index in [1.807, 2.05) is 50.2 Å². The monoisotopic (exact) mass is 459 g/mol. The molecule has 0 saturated heterocycles. The smallest absolute Gasteiger partial charge is 0.283 e. The van der Waals surface area contributed by atoms with Crippen LogP contribution in [0.3, 0.4) is 0 Å². The molecule has 0 unspecified atom stereocenters. The number of amides is 3. The van der Waals surface area contributed by atoms with Crippen molar-refractivity contribution in [1.29, 1.82) is 0 Å². The summed E-state index contributed by atoms with van der Waals surface area (Å²) in [5.41, 5.74) is 4.14. The molecule has 166 valence electrons. The Bertz CT molecular complexity index is 1260. The van der Waals surface area contributed by atoms with Crippen LogP contribution < -0.4 is 15.1 Å². The second-order valence-corrected chi connectivity index (χ2v) is 8.26. The van der Waals surface area contributed by atoms with Gasteiger partial charge in [0.05, 0.1) is 5.69 Å². The molecule has 0 bridgehead atoms. The molecule has 0 fully saturated rings. The van der Waals surface area contributed by atoms with Crippen LogP contribution in [0, 0.1) is 13.8 Å². The largest absolute Gasteiger partial charge is 0.350 e. The first-order chi connectivity index (χ1) is 15.8. The molecular weight excluding hydrogens is 438 g/mol. The topological polar surface area (TPSA) is 69.7 Å². The van der Waals surface area contributed by atoms with Gasteiger partial charge in [-0.2, -0.15) is 0 Å². The number of hydrogen-bond acceptors (Lipinski definition) is 4. The van der Waals surface area contributed by atoms with Gasteiger partial charge < -0.3 is 10.2 Å². The maximum atomic E-state index is 13.0. The summed E-state index contributed by atoms with van der Waals surface area (Å²) in [6.45, 7) is 3.79. The molecule has 0 spiro atoms. The molecule has 1 heterocycles. The number of imide groups is 1. The highest BCUT2D eigenvalue weighted by molar-refractivity contribution is 6.53. The first-order valence-corrected chi connectivity index (χ1v) is 10.7. The average molecular weight is 460 g/mol. The standard InChI is InChI=1S/C26H22ClN3O3/c1-16-13-17(2)15-21(14-16)30-25(32)22(27)23(26(30)33)28-19-11-9-18(10-12-19)24(31)29(3)20-7-5-4-6-8-20/h4-15,28H,1-3H3. The van der Waals surface area contributed by atoms with E-state index in [9.17, 15) is 14.4 Å². The van der Waals surface area contributed by atoms with E-state index >= 15 is 0 Å². The van der Waals surface area contributed by atoms with E-state index in [4.69, 9.17) is 11.6 Å². The molecule has 1 aliphatic rings. The van der Waals surface area contributed by atoms with Crippen molar-refractivity contribution in [2.45, 2.75) is 13.8 Å². The van der Waals surface area contributed by atoms with Crippen LogP contribution in [0.5, 0.6) is 0 Å². The van der Waals surface area contributed by atoms with Gasteiger partial charge in [0.2, 0.25) is 0 Å². The molecule has 3 aromatic rings. The van der Waals surface area contributed by atoms with Crippen molar-refractivity contribution < 1.29 is 14.4 Å². The predicted octanol–water partition coefficient (Wildman–Crippen LogP) is 5.02. The summed E-state index contributed by atoms with van der Waals surface area (Å²) in [4.78, 5) is 41.1. The van der Waals surface area contributed by atoms with Crippen LogP contribution in [0.2, 0.25) is 0 Å². The molecule has 0 aliphatic carbocycles. The first-order valence-electron chi connectivity index (χ1n) is 10.3. The third kappa shape index (κ3) is 4.38. The van der Waals surface area contributed by atoms with Gasteiger partial charge in [-0.25, -0.2) is 4.90 Å². The second kappa shape index (κ2) is 8.92. The predicted molar refractivity (Wildman–Crippen MR) is 131 cm³/mol. The van der Waals surface area contributed by atoms with E-state index < -0.39 is 11.8 Å². The summed E-state index contributed by atoms with van der Waals surface area (Å²) in [5, 5.41) is 2.76. The lowest BCUT2D eigenvalue weighted by molar-refractivity contribution is -0.120. The molecule has 0 atom stereocenters. The van der Waals surface area contributed by atoms with Crippen LogP contribution in [-0.2, 0) is 9.59 Å². The fourth-order valence-electron chi connectivity index (χ4n) is 3.73. The summed E-state index contributed by atoms with van der Waals surface area (Å²) in [7, 11) is 1.71. The number of nitrogens with zero attached hydrogens (tertiary/aromatic N) is 2. The molecule has 3 amide bonds. The quantitative estimate of drug-likeness (QED) is 0.544. The maximum absolute atomic E-state index is 13.0. The van der Waals surface area contributed by atoms with E-state index in [1.54, 1.807) is 48.3 Å². The number of anilines is 3. The minimum atomic E-state index is -0.578. The highest BCUT2D eigenvalue weighted by atomic mass is 35.5. The van der Waals surface area contributed by atoms with Gasteiger partial charge in [0.15, 0.2) is 0 Å². The maximum Gasteiger partial charge on any atom is 0.283 e. The van der Waals surface area contributed by atoms with Crippen molar-refractivity contribution in [2.75, 3.05) is 22.2 Å². The van der Waals surface area contributed by atoms with Crippen molar-refractivity contribution in [3.05, 3.63) is 100 Å². The van der Waals surface area contributed by atoms with Gasteiger partial charge >= 0.3 is 0 Å². The minimum absolute atomic E-state index is 0.00121. The average Bonchev–Trinajstić information content (AvgIpc) is 3.01. The number of para-hydroxylation sites is 1. The first kappa shape index (κ1) is 22.3. The number of aryl methyl sites for hydroxylation is 2. The molecule has 7 heteroatoms. The molecule has 1 N–H and O–H groups in total. The molecule has 1 aliphatic heterocycles. The minimum Gasteiger partial charge on any atom is -0.350 e. The lowest BCUT2D eigenvalue weighted by Gasteiger charge is -2.18. The Labute approximate surface area is 197 Å². The van der Waals surface area contributed by atoms with Gasteiger partial charge in [-0.1, -0.05) is 35.9 Å². The van der Waals surface area contributed by atoms with Crippen LogP contribution >= 0.6 is 11.6 Å². The van der Waals surface area contributed by atoms with Gasteiger partial charge in [0.1, 0.15) is 10.7 Å². The van der Waals surface area contributed by atoms with E-state index in [0.717, 1.165) is 21.7 Å². The van der Waals surface area contributed by atoms with Crippen LogP contribution in [-0.4, -0.2) is 24.8 Å². The summed E-state index contributed by atoms with van der Waals surface area (Å²) < 4.78 is 0. The highest BCUT2D eigenvalue weighted by Crippen LogP contribution is 2.31. The third-order valence-electron chi connectivity index (χ3n) is 5.34. The van der Waals surface area contributed by atoms with Gasteiger partial charge in [0.25, 0.3) is 17.7 Å². The number of rotatable bonds is 5. The summed E-state index contributed by atoms with van der Waals surface area (Å²) in [5.74, 6) is -1.28. The van der Waals surface area contributed by atoms with E-state index in [2.05, 4.69) is 5.32 Å². The van der Waals surface area contributed by atoms with Crippen molar-refractivity contribution in [3.8, 4) is 0 Å². The highest BCUT2D eigenvalue weighted by Gasteiger charge is 2.39. The van der Waals surface area contributed by atoms with Crippen LogP contribution in [0.4, 0.5) is 17.1 Å². The summed E-state index contributed by atoms with van der Waals surface area (Å²) in [6.07, 6.45) is 0. The Hall–Kier alpha value is -3.90. The molecule has 0 radical (unpaired) electrons. The van der Waals surface area contributed by atoms with Crippen LogP contribution in [0.15, 0.2) is 83.5 Å². The number of carbonyl (C=O) groups is 3. The second-order valence-electron chi connectivity index (χ2n) is 7.88. The zero-order chi connectivity index (χ0) is 23.7. The number of benzene rings is 3. The van der Waals surface area contributed by atoms with Crippen molar-refractivity contribution in [3.63, 3.8) is 0 Å². The Kier molecular flexibility index (Phi) is 6.03. The SMILES string of the molecule is Cc1cc(C)cc(N2C(=O)C(Cl)=C(Nc3ccc(C(=O)N(C)c4ccccc4)cc3)C2=O)c1. The fraction of sp³-hybridized carbons (Fsp3) is 0.115. The zero-order valence-electron chi connectivity index (χ0n) is 18.4. The molecule has 4 rings (SSSR count). The lowest BCUT2D eigenvalue weighted by Crippen LogP contribution is -2.32. The van der Waals surface area contributed by atoms with Crippen LogP contribution in [0.25, 0.3) is 0 Å². The fourth-order valence-corrected chi connectivity index (χ4v) is 3.94. The van der Waals surface area contributed by atoms with Crippen molar-refractivity contribution in [2.24, 2.45) is 0 Å². The van der Waals surface area contributed by atoms with E-state index in [0.29, 0.717) is 16.9 Å². The number of halogens is 1. The van der Waals surface area contributed by atoms with Crippen molar-refractivity contribution in [1.82, 2.24) is 0 Å². The normalized spacial score (nSPS) is 13.5. The summed E-state index contributed by atoms with van der Waals surface area (Å²) in [6, 6.07) is 21.5. The van der Waals surface area contributed by atoms with Gasteiger partial charge in [-0.05, 0) is 73.5 Å². The number of nitrogens with one attached hydrogen (secondary N) is 1. The Morgan fingerprint density at radius 2 is 1.48 bits per heavy atom. The molecular formula is C26H22ClN3O3. The van der Waals surface area contributed by atoms with E-state index in [-0.39, 0.29) is 16.6 Å². The third-order valence-corrected chi connectivity index (χ3v) is 5.69. The number of carbonyl (C=O) groups excluding carboxylic acids is 3. The molecule has 0 aromatic heterocycles. The summed E-state index contributed by atoms with van der Waals surface area (Å²) >= 11 is 6.23. The zero-order valence-corrected chi connectivity index (χ0v) is 19.2. The molecule has 3 aromatic carbocycles. The Morgan fingerprint density at radius 1 is 0.879 bits per heavy atom. The van der Waals surface area contributed by atoms with Gasteiger partial charge in [0, 0.05) is 24.0 Å². The van der Waals surface area contributed by atoms with Crippen LogP contribution in [0.1, 0.15) is 21.5 Å². The van der Waals surface area contributed by atoms with Crippen molar-refractivity contribution >= 4 is 46.4 Å². The van der Waals surface area contributed by atoms with E-state index in [1.165, 1.54) is 0 Å². The Balaban J connectivity index is 1.52. The number of hydrogen-bond donors (Lipinski definition) is 1. The van der Waals surface area contributed by atoms with Gasteiger partial charge in [-0.3, -0.25) is 14.4 Å². The van der Waals surface area contributed by atoms with Gasteiger partial charge in [-0.15, -0.1) is 0 Å².